The number of imide groups is 1. The predicted molar refractivity (Wildman–Crippen MR) is 104 cm³/mol. The molecule has 0 spiro atoms. The van der Waals surface area contributed by atoms with Crippen molar-refractivity contribution in [3.05, 3.63) is 24.3 Å². The van der Waals surface area contributed by atoms with E-state index in [-0.39, 0.29) is 23.7 Å². The molecular weight excluding hydrogens is 376 g/mol. The summed E-state index contributed by atoms with van der Waals surface area (Å²) in [6, 6.07) is 5.87. The van der Waals surface area contributed by atoms with Crippen molar-refractivity contribution >= 4 is 29.4 Å². The highest BCUT2D eigenvalue weighted by Gasteiger charge is 2.51. The van der Waals surface area contributed by atoms with Crippen molar-refractivity contribution in [3.8, 4) is 5.75 Å². The van der Waals surface area contributed by atoms with Crippen LogP contribution in [0, 0.1) is 11.8 Å². The number of carbonyl (C=O) groups excluding carboxylic acids is 4. The van der Waals surface area contributed by atoms with Gasteiger partial charge in [-0.15, -0.1) is 0 Å². The summed E-state index contributed by atoms with van der Waals surface area (Å²) in [6.07, 6.45) is 3.18. The topological polar surface area (TPSA) is 102 Å². The van der Waals surface area contributed by atoms with Crippen LogP contribution in [0.5, 0.6) is 5.75 Å². The molecule has 0 aromatic heterocycles. The number of amides is 3. The van der Waals surface area contributed by atoms with Crippen LogP contribution < -0.4 is 10.1 Å². The Morgan fingerprint density at radius 1 is 1.14 bits per heavy atom. The molecule has 0 radical (unpaired) electrons. The fourth-order valence-electron chi connectivity index (χ4n) is 3.97. The molecular formula is C21H26N2O6. The Balaban J connectivity index is 1.56. The number of rotatable bonds is 7. The molecule has 2 aliphatic rings. The van der Waals surface area contributed by atoms with Gasteiger partial charge in [0.25, 0.3) is 5.91 Å². The van der Waals surface area contributed by atoms with Crippen molar-refractivity contribution in [2.24, 2.45) is 11.8 Å². The molecule has 8 heteroatoms. The van der Waals surface area contributed by atoms with Crippen molar-refractivity contribution in [3.63, 3.8) is 0 Å². The number of likely N-dealkylation sites (tertiary alicyclic amines) is 1. The zero-order valence-corrected chi connectivity index (χ0v) is 16.7. The number of hydrogen-bond acceptors (Lipinski definition) is 6. The van der Waals surface area contributed by atoms with Gasteiger partial charge in [-0.05, 0) is 38.8 Å². The lowest BCUT2D eigenvalue weighted by Gasteiger charge is -2.21. The first-order chi connectivity index (χ1) is 13.9. The summed E-state index contributed by atoms with van der Waals surface area (Å²) in [4.78, 5) is 50.7. The molecule has 1 aromatic carbocycles. The fourth-order valence-corrected chi connectivity index (χ4v) is 3.97. The molecule has 1 N–H and O–H groups in total. The van der Waals surface area contributed by atoms with E-state index in [1.54, 1.807) is 24.3 Å². The molecule has 1 aromatic rings. The summed E-state index contributed by atoms with van der Waals surface area (Å²) >= 11 is 0. The maximum atomic E-state index is 12.6. The Hall–Kier alpha value is -2.90. The quantitative estimate of drug-likeness (QED) is 0.554. The van der Waals surface area contributed by atoms with E-state index in [4.69, 9.17) is 9.47 Å². The number of anilines is 1. The van der Waals surface area contributed by atoms with Crippen molar-refractivity contribution < 1.29 is 28.7 Å². The van der Waals surface area contributed by atoms with Gasteiger partial charge in [-0.3, -0.25) is 19.3 Å². The number of para-hydroxylation sites is 2. The average molecular weight is 402 g/mol. The van der Waals surface area contributed by atoms with Crippen LogP contribution in [0.15, 0.2) is 24.3 Å². The van der Waals surface area contributed by atoms with Gasteiger partial charge in [0.1, 0.15) is 11.8 Å². The molecule has 1 saturated carbocycles. The van der Waals surface area contributed by atoms with Gasteiger partial charge < -0.3 is 14.8 Å². The number of hydrogen-bond donors (Lipinski definition) is 1. The summed E-state index contributed by atoms with van der Waals surface area (Å²) in [5.74, 6) is -2.07. The lowest BCUT2D eigenvalue weighted by Crippen LogP contribution is -2.45. The van der Waals surface area contributed by atoms with Crippen LogP contribution in [-0.4, -0.2) is 47.8 Å². The standard InChI is InChI=1S/C21H26N2O6/c1-3-28-17-11-7-6-10-16(17)22-18(24)12-29-21(27)13(2)23-19(25)14-8-4-5-9-15(14)20(23)26/h6-7,10-11,13-15H,3-5,8-9,12H2,1-2H3,(H,22,24)/t13-,14+,15+/m0/s1. The molecule has 29 heavy (non-hydrogen) atoms. The minimum atomic E-state index is -1.05. The maximum absolute atomic E-state index is 12.6. The number of esters is 1. The van der Waals surface area contributed by atoms with E-state index in [1.807, 2.05) is 6.92 Å². The molecule has 3 rings (SSSR count). The van der Waals surface area contributed by atoms with Crippen LogP contribution in [0.2, 0.25) is 0 Å². The fraction of sp³-hybridized carbons (Fsp3) is 0.524. The zero-order chi connectivity index (χ0) is 21.0. The Morgan fingerprint density at radius 2 is 1.76 bits per heavy atom. The monoisotopic (exact) mass is 402 g/mol. The van der Waals surface area contributed by atoms with Gasteiger partial charge in [0.2, 0.25) is 11.8 Å². The summed E-state index contributed by atoms with van der Waals surface area (Å²) < 4.78 is 10.5. The number of nitrogens with zero attached hydrogens (tertiary/aromatic N) is 1. The van der Waals surface area contributed by atoms with Gasteiger partial charge in [0.05, 0.1) is 24.1 Å². The molecule has 1 aliphatic carbocycles. The summed E-state index contributed by atoms with van der Waals surface area (Å²) in [5.41, 5.74) is 0.470. The van der Waals surface area contributed by atoms with Crippen LogP contribution in [0.1, 0.15) is 39.5 Å². The predicted octanol–water partition coefficient (Wildman–Crippen LogP) is 2.13. The van der Waals surface area contributed by atoms with E-state index in [1.165, 1.54) is 6.92 Å². The number of ether oxygens (including phenoxy) is 2. The highest BCUT2D eigenvalue weighted by molar-refractivity contribution is 6.08. The van der Waals surface area contributed by atoms with Gasteiger partial charge in [-0.25, -0.2) is 4.79 Å². The maximum Gasteiger partial charge on any atom is 0.329 e. The third-order valence-electron chi connectivity index (χ3n) is 5.41. The van der Waals surface area contributed by atoms with Gasteiger partial charge in [-0.2, -0.15) is 0 Å². The molecule has 1 heterocycles. The SMILES string of the molecule is CCOc1ccccc1NC(=O)COC(=O)[C@H](C)N1C(=O)[C@@H]2CCCC[C@H]2C1=O. The Morgan fingerprint density at radius 3 is 2.38 bits per heavy atom. The van der Waals surface area contributed by atoms with Gasteiger partial charge in [-0.1, -0.05) is 25.0 Å². The Labute approximate surface area is 169 Å². The Bertz CT molecular complexity index is 784. The molecule has 3 amide bonds. The van der Waals surface area contributed by atoms with E-state index < -0.39 is 24.5 Å². The second-order valence-corrected chi connectivity index (χ2v) is 7.30. The highest BCUT2D eigenvalue weighted by Crippen LogP contribution is 2.38. The first-order valence-corrected chi connectivity index (χ1v) is 9.99. The third-order valence-corrected chi connectivity index (χ3v) is 5.41. The molecule has 2 fully saturated rings. The van der Waals surface area contributed by atoms with Crippen molar-refractivity contribution in [2.45, 2.75) is 45.6 Å². The number of carbonyl (C=O) groups is 4. The molecule has 1 saturated heterocycles. The molecule has 0 bridgehead atoms. The van der Waals surface area contributed by atoms with E-state index in [9.17, 15) is 19.2 Å². The van der Waals surface area contributed by atoms with Crippen LogP contribution in [0.4, 0.5) is 5.69 Å². The van der Waals surface area contributed by atoms with Crippen molar-refractivity contribution in [1.29, 1.82) is 0 Å². The summed E-state index contributed by atoms with van der Waals surface area (Å²) in [6.45, 7) is 3.21. The smallest absolute Gasteiger partial charge is 0.329 e. The number of fused-ring (bicyclic) bond motifs is 1. The first-order valence-electron chi connectivity index (χ1n) is 9.99. The van der Waals surface area contributed by atoms with Crippen molar-refractivity contribution in [1.82, 2.24) is 4.90 Å². The molecule has 3 atom stereocenters. The highest BCUT2D eigenvalue weighted by atomic mass is 16.5. The largest absolute Gasteiger partial charge is 0.492 e. The molecule has 1 aliphatic heterocycles. The van der Waals surface area contributed by atoms with Crippen molar-refractivity contribution in [2.75, 3.05) is 18.5 Å². The van der Waals surface area contributed by atoms with Crippen LogP contribution in [0.3, 0.4) is 0 Å². The number of benzene rings is 1. The molecule has 8 nitrogen and oxygen atoms in total. The summed E-state index contributed by atoms with van der Waals surface area (Å²) in [5, 5.41) is 2.63. The minimum absolute atomic E-state index is 0.306. The molecule has 0 unspecified atom stereocenters. The normalized spacial score (nSPS) is 22.1. The second-order valence-electron chi connectivity index (χ2n) is 7.30. The first kappa shape index (κ1) is 20.8. The van der Waals surface area contributed by atoms with Gasteiger partial charge in [0, 0.05) is 0 Å². The van der Waals surface area contributed by atoms with E-state index >= 15 is 0 Å². The third kappa shape index (κ3) is 4.41. The van der Waals surface area contributed by atoms with Gasteiger partial charge in [0.15, 0.2) is 6.61 Å². The molecule has 156 valence electrons. The second kappa shape index (κ2) is 9.07. The van der Waals surface area contributed by atoms with E-state index in [0.717, 1.165) is 17.7 Å². The average Bonchev–Trinajstić information content (AvgIpc) is 2.98. The van der Waals surface area contributed by atoms with Crippen LogP contribution in [-0.2, 0) is 23.9 Å². The minimum Gasteiger partial charge on any atom is -0.492 e. The van der Waals surface area contributed by atoms with E-state index in [2.05, 4.69) is 5.32 Å². The number of nitrogens with one attached hydrogen (secondary N) is 1. The van der Waals surface area contributed by atoms with Crippen LogP contribution >= 0.6 is 0 Å². The lowest BCUT2D eigenvalue weighted by molar-refractivity contribution is -0.159. The van der Waals surface area contributed by atoms with Gasteiger partial charge >= 0.3 is 5.97 Å². The Kier molecular flexibility index (Phi) is 6.51. The summed E-state index contributed by atoms with van der Waals surface area (Å²) in [7, 11) is 0. The van der Waals surface area contributed by atoms with Crippen LogP contribution in [0.25, 0.3) is 0 Å². The zero-order valence-electron chi connectivity index (χ0n) is 16.7. The lowest BCUT2D eigenvalue weighted by atomic mass is 9.81. The van der Waals surface area contributed by atoms with E-state index in [0.29, 0.717) is 30.9 Å².